The van der Waals surface area contributed by atoms with E-state index in [0.717, 1.165) is 82.7 Å². The Morgan fingerprint density at radius 1 is 1.03 bits per heavy atom. The first-order valence-corrected chi connectivity index (χ1v) is 12.9. The molecule has 1 aromatic rings. The van der Waals surface area contributed by atoms with Crippen molar-refractivity contribution in [2.75, 3.05) is 62.6 Å². The Balaban J connectivity index is 0.00000342. The van der Waals surface area contributed by atoms with Gasteiger partial charge in [0.1, 0.15) is 6.04 Å². The van der Waals surface area contributed by atoms with Gasteiger partial charge in [-0.15, -0.1) is 12.4 Å². The fourth-order valence-electron chi connectivity index (χ4n) is 5.15. The summed E-state index contributed by atoms with van der Waals surface area (Å²) in [4.78, 5) is 45.6. The van der Waals surface area contributed by atoms with Crippen molar-refractivity contribution in [2.24, 2.45) is 5.92 Å². The lowest BCUT2D eigenvalue weighted by Gasteiger charge is -2.42. The minimum Gasteiger partial charge on any atom is -0.369 e. The van der Waals surface area contributed by atoms with Crippen LogP contribution in [0.15, 0.2) is 24.3 Å². The van der Waals surface area contributed by atoms with Crippen LogP contribution in [0.1, 0.15) is 46.0 Å². The largest absolute Gasteiger partial charge is 0.369 e. The molecule has 1 N–H and O–H groups in total. The van der Waals surface area contributed by atoms with Gasteiger partial charge >= 0.3 is 0 Å². The molecule has 0 aromatic heterocycles. The highest BCUT2D eigenvalue weighted by Crippen LogP contribution is 2.24. The standard InChI is InChI=1S/C26H39N5O3.ClH/c1-20(2)25(33)27-21-8-7-9-22(18-21)29-16-14-28(15-17-29)11-5-6-12-30-19-24(32)31-13-4-3-10-23(31)26(30)34;/h7-9,18,20,23H,3-6,10-17,19H2,1-2H3,(H,27,33);1H. The highest BCUT2D eigenvalue weighted by atomic mass is 35.5. The van der Waals surface area contributed by atoms with Crippen LogP contribution < -0.4 is 10.2 Å². The fraction of sp³-hybridized carbons (Fsp3) is 0.654. The molecule has 9 heteroatoms. The predicted octanol–water partition coefficient (Wildman–Crippen LogP) is 2.83. The lowest BCUT2D eigenvalue weighted by Crippen LogP contribution is -2.61. The summed E-state index contributed by atoms with van der Waals surface area (Å²) in [6, 6.07) is 7.88. The summed E-state index contributed by atoms with van der Waals surface area (Å²) in [6.45, 7) is 10.4. The predicted molar refractivity (Wildman–Crippen MR) is 141 cm³/mol. The van der Waals surface area contributed by atoms with Crippen LogP contribution in [0, 0.1) is 5.92 Å². The summed E-state index contributed by atoms with van der Waals surface area (Å²) in [5.74, 6) is 0.268. The first kappa shape index (κ1) is 27.3. The number of fused-ring (bicyclic) bond motifs is 1. The molecule has 3 fully saturated rings. The van der Waals surface area contributed by atoms with Crippen LogP contribution in [0.4, 0.5) is 11.4 Å². The second-order valence-corrected chi connectivity index (χ2v) is 10.1. The lowest BCUT2D eigenvalue weighted by atomic mass is 9.98. The first-order chi connectivity index (χ1) is 16.4. The molecule has 0 radical (unpaired) electrons. The molecule has 0 bridgehead atoms. The number of halogens is 1. The number of piperidine rings is 1. The fourth-order valence-corrected chi connectivity index (χ4v) is 5.15. The van der Waals surface area contributed by atoms with Crippen LogP contribution in [-0.4, -0.2) is 90.8 Å². The van der Waals surface area contributed by atoms with E-state index >= 15 is 0 Å². The number of benzene rings is 1. The maximum atomic E-state index is 12.8. The van der Waals surface area contributed by atoms with Crippen LogP contribution in [-0.2, 0) is 14.4 Å². The number of amides is 3. The van der Waals surface area contributed by atoms with Gasteiger partial charge in [0.25, 0.3) is 0 Å². The maximum Gasteiger partial charge on any atom is 0.245 e. The molecule has 0 aliphatic carbocycles. The average Bonchev–Trinajstić information content (AvgIpc) is 2.85. The van der Waals surface area contributed by atoms with Gasteiger partial charge in [-0.1, -0.05) is 19.9 Å². The number of carbonyl (C=O) groups excluding carboxylic acids is 3. The number of nitrogens with one attached hydrogen (secondary N) is 1. The average molecular weight is 506 g/mol. The number of nitrogens with zero attached hydrogens (tertiary/aromatic N) is 4. The monoisotopic (exact) mass is 505 g/mol. The van der Waals surface area contributed by atoms with Crippen molar-refractivity contribution >= 4 is 41.5 Å². The number of unbranched alkanes of at least 4 members (excludes halogenated alkanes) is 1. The maximum absolute atomic E-state index is 12.8. The normalized spacial score (nSPS) is 21.1. The Kier molecular flexibility index (Phi) is 9.80. The molecule has 3 amide bonds. The summed E-state index contributed by atoms with van der Waals surface area (Å²) in [7, 11) is 0. The van der Waals surface area contributed by atoms with E-state index in [4.69, 9.17) is 0 Å². The zero-order chi connectivity index (χ0) is 24.1. The third kappa shape index (κ3) is 6.88. The molecule has 8 nitrogen and oxygen atoms in total. The summed E-state index contributed by atoms with van der Waals surface area (Å²) < 4.78 is 0. The molecule has 3 heterocycles. The van der Waals surface area contributed by atoms with Crippen molar-refractivity contribution in [3.63, 3.8) is 0 Å². The molecule has 0 saturated carbocycles. The van der Waals surface area contributed by atoms with Crippen LogP contribution in [0.3, 0.4) is 0 Å². The molecule has 1 unspecified atom stereocenters. The Bertz CT molecular complexity index is 887. The Morgan fingerprint density at radius 2 is 1.77 bits per heavy atom. The van der Waals surface area contributed by atoms with Crippen molar-refractivity contribution < 1.29 is 14.4 Å². The molecular weight excluding hydrogens is 466 g/mol. The molecular formula is C26H40ClN5O3. The van der Waals surface area contributed by atoms with Crippen molar-refractivity contribution in [1.29, 1.82) is 0 Å². The van der Waals surface area contributed by atoms with Gasteiger partial charge in [-0.2, -0.15) is 0 Å². The second kappa shape index (κ2) is 12.6. The lowest BCUT2D eigenvalue weighted by molar-refractivity contribution is -0.157. The van der Waals surface area contributed by atoms with Crippen LogP contribution in [0.2, 0.25) is 0 Å². The van der Waals surface area contributed by atoms with Crippen LogP contribution >= 0.6 is 12.4 Å². The molecule has 1 aromatic carbocycles. The number of piperazine rings is 2. The summed E-state index contributed by atoms with van der Waals surface area (Å²) in [6.07, 6.45) is 4.84. The van der Waals surface area contributed by atoms with Gasteiger partial charge in [0.05, 0.1) is 6.54 Å². The summed E-state index contributed by atoms with van der Waals surface area (Å²) in [5, 5.41) is 2.98. The molecule has 3 aliphatic heterocycles. The van der Waals surface area contributed by atoms with E-state index in [9.17, 15) is 14.4 Å². The van der Waals surface area contributed by atoms with E-state index in [-0.39, 0.29) is 48.6 Å². The topological polar surface area (TPSA) is 76.2 Å². The number of anilines is 2. The minimum absolute atomic E-state index is 0. The van der Waals surface area contributed by atoms with Gasteiger partial charge in [-0.25, -0.2) is 0 Å². The summed E-state index contributed by atoms with van der Waals surface area (Å²) >= 11 is 0. The van der Waals surface area contributed by atoms with Gasteiger partial charge in [0.2, 0.25) is 17.7 Å². The minimum atomic E-state index is -0.208. The summed E-state index contributed by atoms with van der Waals surface area (Å²) in [5.41, 5.74) is 1.99. The number of hydrogen-bond donors (Lipinski definition) is 1. The highest BCUT2D eigenvalue weighted by Gasteiger charge is 2.39. The first-order valence-electron chi connectivity index (χ1n) is 12.9. The Morgan fingerprint density at radius 3 is 2.51 bits per heavy atom. The Labute approximate surface area is 215 Å². The van der Waals surface area contributed by atoms with Gasteiger partial charge in [-0.3, -0.25) is 19.3 Å². The molecule has 1 atom stereocenters. The number of rotatable bonds is 8. The Hall–Kier alpha value is -2.32. The second-order valence-electron chi connectivity index (χ2n) is 10.1. The van der Waals surface area contributed by atoms with Crippen molar-refractivity contribution in [3.8, 4) is 0 Å². The van der Waals surface area contributed by atoms with Crippen molar-refractivity contribution in [2.45, 2.75) is 52.0 Å². The molecule has 3 aliphatic rings. The van der Waals surface area contributed by atoms with Crippen LogP contribution in [0.5, 0.6) is 0 Å². The third-order valence-electron chi connectivity index (χ3n) is 7.27. The highest BCUT2D eigenvalue weighted by molar-refractivity contribution is 5.95. The van der Waals surface area contributed by atoms with Gasteiger partial charge in [-0.05, 0) is 56.8 Å². The van der Waals surface area contributed by atoms with E-state index in [0.29, 0.717) is 6.54 Å². The van der Waals surface area contributed by atoms with Crippen molar-refractivity contribution in [3.05, 3.63) is 24.3 Å². The van der Waals surface area contributed by atoms with Crippen LogP contribution in [0.25, 0.3) is 0 Å². The quantitative estimate of drug-likeness (QED) is 0.550. The third-order valence-corrected chi connectivity index (χ3v) is 7.27. The molecule has 3 saturated heterocycles. The SMILES string of the molecule is CC(C)C(=O)Nc1cccc(N2CCN(CCCCN3CC(=O)N4CCCCC4C3=O)CC2)c1.Cl. The molecule has 194 valence electrons. The molecule has 4 rings (SSSR count). The zero-order valence-corrected chi connectivity index (χ0v) is 21.9. The van der Waals surface area contributed by atoms with Gasteiger partial charge < -0.3 is 20.0 Å². The van der Waals surface area contributed by atoms with E-state index in [2.05, 4.69) is 27.2 Å². The number of hydrogen-bond acceptors (Lipinski definition) is 5. The van der Waals surface area contributed by atoms with E-state index in [1.54, 1.807) is 9.80 Å². The smallest absolute Gasteiger partial charge is 0.245 e. The number of carbonyl (C=O) groups is 3. The zero-order valence-electron chi connectivity index (χ0n) is 21.1. The van der Waals surface area contributed by atoms with E-state index < -0.39 is 0 Å². The van der Waals surface area contributed by atoms with Gasteiger partial charge in [0.15, 0.2) is 0 Å². The molecule has 0 spiro atoms. The van der Waals surface area contributed by atoms with E-state index in [1.165, 1.54) is 0 Å². The van der Waals surface area contributed by atoms with Gasteiger partial charge in [0, 0.05) is 56.6 Å². The molecule has 35 heavy (non-hydrogen) atoms. The van der Waals surface area contributed by atoms with Crippen molar-refractivity contribution in [1.82, 2.24) is 14.7 Å². The van der Waals surface area contributed by atoms with E-state index in [1.807, 2.05) is 26.0 Å².